The highest BCUT2D eigenvalue weighted by molar-refractivity contribution is 9.10. The van der Waals surface area contributed by atoms with Gasteiger partial charge in [-0.15, -0.1) is 0 Å². The fourth-order valence-corrected chi connectivity index (χ4v) is 2.39. The summed E-state index contributed by atoms with van der Waals surface area (Å²) in [5.74, 6) is 1.36. The van der Waals surface area contributed by atoms with Crippen molar-refractivity contribution in [1.29, 1.82) is 0 Å². The monoisotopic (exact) mass is 328 g/mol. The molecule has 1 aliphatic rings. The highest BCUT2D eigenvalue weighted by atomic mass is 79.9. The van der Waals surface area contributed by atoms with Gasteiger partial charge in [-0.3, -0.25) is 4.79 Å². The molecule has 19 heavy (non-hydrogen) atoms. The number of hydrogen-bond donors (Lipinski definition) is 0. The molecule has 0 N–H and O–H groups in total. The number of anilines is 1. The second-order valence-electron chi connectivity index (χ2n) is 4.59. The zero-order chi connectivity index (χ0) is 14.0. The molecular weight excluding hydrogens is 312 g/mol. The molecule has 0 aliphatic carbocycles. The maximum Gasteiger partial charge on any atom is 0.265 e. The Labute approximate surface area is 121 Å². The third-order valence-electron chi connectivity index (χ3n) is 2.95. The molecule has 0 spiro atoms. The molecule has 1 heterocycles. The fourth-order valence-electron chi connectivity index (χ4n) is 1.90. The molecule has 0 bridgehead atoms. The molecule has 0 atom stereocenters. The smallest absolute Gasteiger partial charge is 0.265 e. The average molecular weight is 329 g/mol. The molecular formula is C13H17BrN2O3. The van der Waals surface area contributed by atoms with E-state index in [9.17, 15) is 4.79 Å². The van der Waals surface area contributed by atoms with E-state index in [4.69, 9.17) is 9.47 Å². The van der Waals surface area contributed by atoms with Gasteiger partial charge in [-0.25, -0.2) is 0 Å². The van der Waals surface area contributed by atoms with Crippen LogP contribution in [0.5, 0.6) is 11.5 Å². The summed E-state index contributed by atoms with van der Waals surface area (Å²) in [6.07, 6.45) is 0. The van der Waals surface area contributed by atoms with Crippen molar-refractivity contribution in [2.24, 2.45) is 0 Å². The van der Waals surface area contributed by atoms with Crippen molar-refractivity contribution in [2.75, 3.05) is 45.8 Å². The Kier molecular flexibility index (Phi) is 4.31. The summed E-state index contributed by atoms with van der Waals surface area (Å²) in [6.45, 7) is 1.51. The number of amides is 1. The number of benzene rings is 1. The zero-order valence-electron chi connectivity index (χ0n) is 11.3. The third kappa shape index (κ3) is 3.01. The van der Waals surface area contributed by atoms with Crippen LogP contribution in [0.15, 0.2) is 16.6 Å². The van der Waals surface area contributed by atoms with Gasteiger partial charge >= 0.3 is 0 Å². The van der Waals surface area contributed by atoms with Crippen molar-refractivity contribution in [3.63, 3.8) is 0 Å². The van der Waals surface area contributed by atoms with Gasteiger partial charge in [-0.1, -0.05) is 0 Å². The second-order valence-corrected chi connectivity index (χ2v) is 5.45. The highest BCUT2D eigenvalue weighted by Crippen LogP contribution is 2.40. The maximum atomic E-state index is 12.0. The SMILES string of the molecule is COc1cc2c(cc1Br)OCC(=O)N2CCN(C)C. The first-order valence-corrected chi connectivity index (χ1v) is 6.77. The number of halogens is 1. The summed E-state index contributed by atoms with van der Waals surface area (Å²) in [5, 5.41) is 0. The lowest BCUT2D eigenvalue weighted by atomic mass is 10.2. The van der Waals surface area contributed by atoms with E-state index in [0.717, 1.165) is 16.7 Å². The molecule has 104 valence electrons. The van der Waals surface area contributed by atoms with Crippen LogP contribution < -0.4 is 14.4 Å². The van der Waals surface area contributed by atoms with Gasteiger partial charge in [-0.05, 0) is 30.0 Å². The second kappa shape index (κ2) is 5.79. The summed E-state index contributed by atoms with van der Waals surface area (Å²) in [7, 11) is 5.56. The van der Waals surface area contributed by atoms with E-state index in [2.05, 4.69) is 15.9 Å². The molecule has 6 heteroatoms. The minimum atomic E-state index is -0.0290. The van der Waals surface area contributed by atoms with Crippen molar-refractivity contribution < 1.29 is 14.3 Å². The Balaban J connectivity index is 2.34. The fraction of sp³-hybridized carbons (Fsp3) is 0.462. The van der Waals surface area contributed by atoms with Gasteiger partial charge in [0.15, 0.2) is 6.61 Å². The average Bonchev–Trinajstić information content (AvgIpc) is 2.37. The summed E-state index contributed by atoms with van der Waals surface area (Å²) < 4.78 is 11.5. The number of methoxy groups -OCH3 is 1. The topological polar surface area (TPSA) is 42.0 Å². The Hall–Kier alpha value is -1.27. The summed E-state index contributed by atoms with van der Waals surface area (Å²) in [4.78, 5) is 15.8. The molecule has 0 radical (unpaired) electrons. The van der Waals surface area contributed by atoms with E-state index in [1.165, 1.54) is 0 Å². The first kappa shape index (κ1) is 14.1. The summed E-state index contributed by atoms with van der Waals surface area (Å²) in [5.41, 5.74) is 0.762. The van der Waals surface area contributed by atoms with Gasteiger partial charge in [0.05, 0.1) is 17.3 Å². The first-order chi connectivity index (χ1) is 9.02. The number of ether oxygens (including phenoxy) is 2. The van der Waals surface area contributed by atoms with Gasteiger partial charge in [-0.2, -0.15) is 0 Å². The van der Waals surface area contributed by atoms with E-state index in [1.54, 1.807) is 12.0 Å². The van der Waals surface area contributed by atoms with E-state index in [1.807, 2.05) is 31.1 Å². The maximum absolute atomic E-state index is 12.0. The van der Waals surface area contributed by atoms with E-state index < -0.39 is 0 Å². The number of nitrogens with zero attached hydrogens (tertiary/aromatic N) is 2. The Bertz CT molecular complexity index is 491. The van der Waals surface area contributed by atoms with Crippen molar-refractivity contribution in [3.05, 3.63) is 16.6 Å². The molecule has 1 aromatic rings. The van der Waals surface area contributed by atoms with Crippen molar-refractivity contribution >= 4 is 27.5 Å². The molecule has 1 amide bonds. The van der Waals surface area contributed by atoms with Gasteiger partial charge in [0.1, 0.15) is 11.5 Å². The van der Waals surface area contributed by atoms with Crippen molar-refractivity contribution in [3.8, 4) is 11.5 Å². The predicted octanol–water partition coefficient (Wildman–Crippen LogP) is 1.74. The molecule has 0 saturated carbocycles. The largest absolute Gasteiger partial charge is 0.495 e. The van der Waals surface area contributed by atoms with Crippen LogP contribution in [0, 0.1) is 0 Å². The number of carbonyl (C=O) groups excluding carboxylic acids is 1. The normalized spacial score (nSPS) is 14.4. The lowest BCUT2D eigenvalue weighted by molar-refractivity contribution is -0.121. The summed E-state index contributed by atoms with van der Waals surface area (Å²) >= 11 is 3.42. The van der Waals surface area contributed by atoms with E-state index in [-0.39, 0.29) is 12.5 Å². The molecule has 1 aromatic carbocycles. The third-order valence-corrected chi connectivity index (χ3v) is 3.57. The molecule has 0 unspecified atom stereocenters. The lowest BCUT2D eigenvalue weighted by Crippen LogP contribution is -2.42. The number of likely N-dealkylation sites (N-methyl/N-ethyl adjacent to an activating group) is 1. The number of rotatable bonds is 4. The lowest BCUT2D eigenvalue weighted by Gasteiger charge is -2.30. The minimum Gasteiger partial charge on any atom is -0.495 e. The predicted molar refractivity (Wildman–Crippen MR) is 77.1 cm³/mol. The summed E-state index contributed by atoms with van der Waals surface area (Å²) in [6, 6.07) is 3.66. The Morgan fingerprint density at radius 1 is 1.47 bits per heavy atom. The molecule has 2 rings (SSSR count). The van der Waals surface area contributed by atoms with Gasteiger partial charge in [0.2, 0.25) is 0 Å². The van der Waals surface area contributed by atoms with E-state index >= 15 is 0 Å². The Morgan fingerprint density at radius 3 is 2.84 bits per heavy atom. The molecule has 1 aliphatic heterocycles. The van der Waals surface area contributed by atoms with Crippen LogP contribution in [-0.4, -0.2) is 51.7 Å². The van der Waals surface area contributed by atoms with Crippen molar-refractivity contribution in [1.82, 2.24) is 4.90 Å². The van der Waals surface area contributed by atoms with Crippen LogP contribution in [0.2, 0.25) is 0 Å². The molecule has 5 nitrogen and oxygen atoms in total. The van der Waals surface area contributed by atoms with Crippen LogP contribution in [0.4, 0.5) is 5.69 Å². The molecule has 0 aromatic heterocycles. The quantitative estimate of drug-likeness (QED) is 0.844. The first-order valence-electron chi connectivity index (χ1n) is 5.98. The van der Waals surface area contributed by atoms with Crippen LogP contribution in [-0.2, 0) is 4.79 Å². The highest BCUT2D eigenvalue weighted by Gasteiger charge is 2.26. The molecule has 0 saturated heterocycles. The number of hydrogen-bond acceptors (Lipinski definition) is 4. The van der Waals surface area contributed by atoms with E-state index in [0.29, 0.717) is 18.0 Å². The number of fused-ring (bicyclic) bond motifs is 1. The molecule has 0 fully saturated rings. The van der Waals surface area contributed by atoms with Crippen molar-refractivity contribution in [2.45, 2.75) is 0 Å². The van der Waals surface area contributed by atoms with Gasteiger partial charge < -0.3 is 19.3 Å². The van der Waals surface area contributed by atoms with Gasteiger partial charge in [0.25, 0.3) is 5.91 Å². The van der Waals surface area contributed by atoms with Gasteiger partial charge in [0, 0.05) is 25.2 Å². The van der Waals surface area contributed by atoms with Crippen LogP contribution in [0.1, 0.15) is 0 Å². The van der Waals surface area contributed by atoms with Crippen LogP contribution in [0.25, 0.3) is 0 Å². The van der Waals surface area contributed by atoms with Crippen LogP contribution in [0.3, 0.4) is 0 Å². The van der Waals surface area contributed by atoms with Crippen LogP contribution >= 0.6 is 15.9 Å². The zero-order valence-corrected chi connectivity index (χ0v) is 12.9. The Morgan fingerprint density at radius 2 is 2.21 bits per heavy atom. The standard InChI is InChI=1S/C13H17BrN2O3/c1-15(2)4-5-16-10-7-11(18-3)9(14)6-12(10)19-8-13(16)17/h6-7H,4-5,8H2,1-3H3. The minimum absolute atomic E-state index is 0.0290. The number of carbonyl (C=O) groups is 1.